The van der Waals surface area contributed by atoms with E-state index in [4.69, 9.17) is 15.2 Å². The topological polar surface area (TPSA) is 60.6 Å². The average Bonchev–Trinajstić information content (AvgIpc) is 2.41. The number of hydrogen-bond acceptors (Lipinski definition) is 5. The molecule has 0 saturated heterocycles. The van der Waals surface area contributed by atoms with Crippen LogP contribution in [0.25, 0.3) is 0 Å². The molecule has 1 aromatic rings. The van der Waals surface area contributed by atoms with Crippen molar-refractivity contribution in [1.82, 2.24) is 4.98 Å². The molecule has 0 aliphatic heterocycles. The van der Waals surface area contributed by atoms with Gasteiger partial charge in [0.05, 0.1) is 13.2 Å². The lowest BCUT2D eigenvalue weighted by molar-refractivity contribution is 0.205. The molecule has 1 heterocycles. The summed E-state index contributed by atoms with van der Waals surface area (Å²) in [6.45, 7) is 5.49. The van der Waals surface area contributed by atoms with E-state index in [2.05, 4.69) is 16.8 Å². The molecular formula is C13H23N3O2. The van der Waals surface area contributed by atoms with Gasteiger partial charge in [-0.05, 0) is 18.6 Å². The number of aromatic nitrogens is 1. The fraction of sp³-hybridized carbons (Fsp3) is 0.615. The number of anilines is 1. The zero-order valence-electron chi connectivity index (χ0n) is 11.3. The molecule has 5 heteroatoms. The Morgan fingerprint density at radius 1 is 1.33 bits per heavy atom. The van der Waals surface area contributed by atoms with Crippen LogP contribution in [-0.2, 0) is 4.74 Å². The number of methoxy groups -OCH3 is 1. The summed E-state index contributed by atoms with van der Waals surface area (Å²) in [5.74, 6) is 1.65. The largest absolute Gasteiger partial charge is 0.490 e. The van der Waals surface area contributed by atoms with Crippen LogP contribution in [0, 0.1) is 0 Å². The molecule has 0 amide bonds. The van der Waals surface area contributed by atoms with Gasteiger partial charge in [-0.2, -0.15) is 0 Å². The maximum atomic E-state index is 5.71. The van der Waals surface area contributed by atoms with Crippen LogP contribution in [-0.4, -0.2) is 44.9 Å². The van der Waals surface area contributed by atoms with Crippen molar-refractivity contribution in [3.8, 4) is 5.75 Å². The maximum Gasteiger partial charge on any atom is 0.171 e. The quantitative estimate of drug-likeness (QED) is 0.718. The Labute approximate surface area is 109 Å². The highest BCUT2D eigenvalue weighted by Crippen LogP contribution is 2.24. The molecule has 0 bridgehead atoms. The molecule has 102 valence electrons. The van der Waals surface area contributed by atoms with Crippen LogP contribution >= 0.6 is 0 Å². The van der Waals surface area contributed by atoms with Crippen molar-refractivity contribution in [2.45, 2.75) is 13.3 Å². The molecule has 5 nitrogen and oxygen atoms in total. The van der Waals surface area contributed by atoms with Gasteiger partial charge in [0.2, 0.25) is 0 Å². The summed E-state index contributed by atoms with van der Waals surface area (Å²) in [5.41, 5.74) is 5.64. The Balaban J connectivity index is 2.80. The summed E-state index contributed by atoms with van der Waals surface area (Å²) in [4.78, 5) is 6.49. The van der Waals surface area contributed by atoms with E-state index in [9.17, 15) is 0 Å². The Morgan fingerprint density at radius 3 is 2.83 bits per heavy atom. The zero-order valence-corrected chi connectivity index (χ0v) is 11.3. The van der Waals surface area contributed by atoms with Crippen molar-refractivity contribution < 1.29 is 9.47 Å². The molecule has 1 rings (SSSR count). The van der Waals surface area contributed by atoms with E-state index in [0.29, 0.717) is 19.8 Å². The molecular weight excluding hydrogens is 230 g/mol. The molecule has 0 atom stereocenters. The molecule has 0 fully saturated rings. The molecule has 0 spiro atoms. The van der Waals surface area contributed by atoms with E-state index in [1.54, 1.807) is 13.3 Å². The fourth-order valence-corrected chi connectivity index (χ4v) is 1.63. The van der Waals surface area contributed by atoms with Gasteiger partial charge < -0.3 is 20.1 Å². The SMILES string of the molecule is CCCOc1cccnc1N(CCN)CCOC. The van der Waals surface area contributed by atoms with Crippen molar-refractivity contribution in [3.63, 3.8) is 0 Å². The minimum absolute atomic E-state index is 0.577. The van der Waals surface area contributed by atoms with Gasteiger partial charge in [-0.15, -0.1) is 0 Å². The Morgan fingerprint density at radius 2 is 2.17 bits per heavy atom. The lowest BCUT2D eigenvalue weighted by Crippen LogP contribution is -2.33. The average molecular weight is 253 g/mol. The van der Waals surface area contributed by atoms with Gasteiger partial charge in [0.25, 0.3) is 0 Å². The molecule has 18 heavy (non-hydrogen) atoms. The standard InChI is InChI=1S/C13H23N3O2/c1-3-10-18-12-5-4-7-15-13(12)16(8-6-14)9-11-17-2/h4-5,7H,3,6,8-11,14H2,1-2H3. The minimum Gasteiger partial charge on any atom is -0.490 e. The summed E-state index contributed by atoms with van der Waals surface area (Å²) in [6.07, 6.45) is 2.74. The van der Waals surface area contributed by atoms with Crippen LogP contribution < -0.4 is 15.4 Å². The number of nitrogens with zero attached hydrogens (tertiary/aromatic N) is 2. The third-order valence-corrected chi connectivity index (χ3v) is 2.48. The second kappa shape index (κ2) is 8.72. The van der Waals surface area contributed by atoms with E-state index >= 15 is 0 Å². The van der Waals surface area contributed by atoms with Gasteiger partial charge in [-0.25, -0.2) is 4.98 Å². The Hall–Kier alpha value is -1.33. The molecule has 0 aromatic carbocycles. The van der Waals surface area contributed by atoms with Crippen LogP contribution in [0.15, 0.2) is 18.3 Å². The summed E-state index contributed by atoms with van der Waals surface area (Å²) < 4.78 is 10.8. The smallest absolute Gasteiger partial charge is 0.171 e. The van der Waals surface area contributed by atoms with Gasteiger partial charge in [0.1, 0.15) is 0 Å². The second-order valence-corrected chi connectivity index (χ2v) is 3.94. The first-order valence-corrected chi connectivity index (χ1v) is 6.35. The second-order valence-electron chi connectivity index (χ2n) is 3.94. The summed E-state index contributed by atoms with van der Waals surface area (Å²) >= 11 is 0. The van der Waals surface area contributed by atoms with Crippen molar-refractivity contribution >= 4 is 5.82 Å². The summed E-state index contributed by atoms with van der Waals surface area (Å²) in [5, 5.41) is 0. The number of rotatable bonds is 9. The molecule has 0 aliphatic carbocycles. The fourth-order valence-electron chi connectivity index (χ4n) is 1.63. The Bertz CT molecular complexity index is 334. The predicted molar refractivity (Wildman–Crippen MR) is 73.2 cm³/mol. The summed E-state index contributed by atoms with van der Waals surface area (Å²) in [6, 6.07) is 3.82. The highest BCUT2D eigenvalue weighted by atomic mass is 16.5. The third-order valence-electron chi connectivity index (χ3n) is 2.48. The van der Waals surface area contributed by atoms with Crippen LogP contribution in [0.4, 0.5) is 5.82 Å². The molecule has 0 radical (unpaired) electrons. The first-order valence-electron chi connectivity index (χ1n) is 6.35. The van der Waals surface area contributed by atoms with Crippen LogP contribution in [0.2, 0.25) is 0 Å². The van der Waals surface area contributed by atoms with Gasteiger partial charge in [-0.1, -0.05) is 6.92 Å². The molecule has 1 aromatic heterocycles. The molecule has 2 N–H and O–H groups in total. The molecule has 0 saturated carbocycles. The molecule has 0 aliphatic rings. The lowest BCUT2D eigenvalue weighted by Gasteiger charge is -2.24. The van der Waals surface area contributed by atoms with Crippen molar-refractivity contribution in [2.24, 2.45) is 5.73 Å². The van der Waals surface area contributed by atoms with Gasteiger partial charge in [-0.3, -0.25) is 0 Å². The van der Waals surface area contributed by atoms with Crippen molar-refractivity contribution in [1.29, 1.82) is 0 Å². The van der Waals surface area contributed by atoms with Gasteiger partial charge in [0.15, 0.2) is 11.6 Å². The normalized spacial score (nSPS) is 10.4. The number of nitrogens with two attached hydrogens (primary N) is 1. The maximum absolute atomic E-state index is 5.71. The highest BCUT2D eigenvalue weighted by molar-refractivity contribution is 5.52. The third kappa shape index (κ3) is 4.50. The predicted octanol–water partition coefficient (Wildman–Crippen LogP) is 1.28. The van der Waals surface area contributed by atoms with Gasteiger partial charge >= 0.3 is 0 Å². The number of hydrogen-bond donors (Lipinski definition) is 1. The number of pyridine rings is 1. The van der Waals surface area contributed by atoms with Crippen LogP contribution in [0.1, 0.15) is 13.3 Å². The van der Waals surface area contributed by atoms with E-state index in [0.717, 1.165) is 31.1 Å². The lowest BCUT2D eigenvalue weighted by atomic mass is 10.3. The monoisotopic (exact) mass is 253 g/mol. The van der Waals surface area contributed by atoms with Gasteiger partial charge in [0, 0.05) is 32.9 Å². The Kier molecular flexibility index (Phi) is 7.13. The first-order chi connectivity index (χ1) is 8.83. The van der Waals surface area contributed by atoms with E-state index in [1.165, 1.54) is 0 Å². The van der Waals surface area contributed by atoms with E-state index in [-0.39, 0.29) is 0 Å². The van der Waals surface area contributed by atoms with Crippen LogP contribution in [0.3, 0.4) is 0 Å². The highest BCUT2D eigenvalue weighted by Gasteiger charge is 2.12. The minimum atomic E-state index is 0.577. The van der Waals surface area contributed by atoms with Crippen molar-refractivity contribution in [2.75, 3.05) is 44.9 Å². The number of ether oxygens (including phenoxy) is 2. The summed E-state index contributed by atoms with van der Waals surface area (Å²) in [7, 11) is 1.69. The first kappa shape index (κ1) is 14.7. The van der Waals surface area contributed by atoms with Crippen molar-refractivity contribution in [3.05, 3.63) is 18.3 Å². The van der Waals surface area contributed by atoms with E-state index < -0.39 is 0 Å². The molecule has 0 unspecified atom stereocenters. The van der Waals surface area contributed by atoms with Crippen LogP contribution in [0.5, 0.6) is 5.75 Å². The zero-order chi connectivity index (χ0) is 13.2. The van der Waals surface area contributed by atoms with E-state index in [1.807, 2.05) is 12.1 Å².